The number of Topliss-reactive ketones (excluding diaryl/α,β-unsaturated/α-hetero) is 1. The van der Waals surface area contributed by atoms with Crippen LogP contribution in [0.25, 0.3) is 0 Å². The van der Waals surface area contributed by atoms with Gasteiger partial charge in [0.1, 0.15) is 0 Å². The molecule has 0 aromatic rings. The summed E-state index contributed by atoms with van der Waals surface area (Å²) < 4.78 is 0. The van der Waals surface area contributed by atoms with E-state index < -0.39 is 17.7 Å². The van der Waals surface area contributed by atoms with Gasteiger partial charge in [0.2, 0.25) is 11.7 Å². The van der Waals surface area contributed by atoms with E-state index in [1.165, 1.54) is 0 Å². The van der Waals surface area contributed by atoms with Gasteiger partial charge in [0.25, 0.3) is 5.91 Å². The minimum atomic E-state index is -0.992. The highest BCUT2D eigenvalue weighted by atomic mass is 16.2. The fourth-order valence-electron chi connectivity index (χ4n) is 3.23. The van der Waals surface area contributed by atoms with Gasteiger partial charge in [0.15, 0.2) is 0 Å². The molecule has 0 spiro atoms. The van der Waals surface area contributed by atoms with Gasteiger partial charge in [0, 0.05) is 6.54 Å². The molecule has 132 valence electrons. The Morgan fingerprint density at radius 2 is 1.87 bits per heavy atom. The van der Waals surface area contributed by atoms with E-state index in [2.05, 4.69) is 19.2 Å². The van der Waals surface area contributed by atoms with E-state index >= 15 is 0 Å². The number of amides is 2. The van der Waals surface area contributed by atoms with Gasteiger partial charge in [0.05, 0.1) is 12.1 Å². The first-order chi connectivity index (χ1) is 10.7. The Bertz CT molecular complexity index is 450. The average molecular weight is 325 g/mol. The lowest BCUT2D eigenvalue weighted by atomic mass is 9.89. The Kier molecular flexibility index (Phi) is 7.19. The van der Waals surface area contributed by atoms with Crippen LogP contribution in [0.2, 0.25) is 0 Å². The fourth-order valence-corrected chi connectivity index (χ4v) is 3.23. The van der Waals surface area contributed by atoms with E-state index in [9.17, 15) is 14.4 Å². The summed E-state index contributed by atoms with van der Waals surface area (Å²) in [6.45, 7) is 9.12. The molecule has 3 N–H and O–H groups in total. The van der Waals surface area contributed by atoms with Crippen LogP contribution in [0.3, 0.4) is 0 Å². The van der Waals surface area contributed by atoms with Gasteiger partial charge >= 0.3 is 0 Å². The van der Waals surface area contributed by atoms with E-state index in [-0.39, 0.29) is 17.9 Å². The normalized spacial score (nSPS) is 24.4. The van der Waals surface area contributed by atoms with E-state index in [1.807, 2.05) is 25.8 Å². The lowest BCUT2D eigenvalue weighted by Gasteiger charge is -2.23. The number of carbonyl (C=O) groups is 3. The number of hydrogen-bond acceptors (Lipinski definition) is 4. The second-order valence-electron chi connectivity index (χ2n) is 7.26. The zero-order valence-electron chi connectivity index (χ0n) is 15.0. The standard InChI is InChI=1S/C17H31N3O3/c1-6-11(4)12-8-14(20(5)9-12)17(23)19-13(7-10(2)3)15(21)16(18)22/h10-14H,6-9H2,1-5H3,(H2,18,22)(H,19,23)/t11?,12-,13?,14?/m1/s1. The van der Waals surface area contributed by atoms with Crippen molar-refractivity contribution in [2.45, 2.75) is 59.0 Å². The predicted octanol–water partition coefficient (Wildman–Crippen LogP) is 0.938. The molecule has 2 amide bonds. The lowest BCUT2D eigenvalue weighted by molar-refractivity contribution is -0.139. The van der Waals surface area contributed by atoms with Gasteiger partial charge in [-0.25, -0.2) is 0 Å². The first kappa shape index (κ1) is 19.6. The van der Waals surface area contributed by atoms with Crippen LogP contribution >= 0.6 is 0 Å². The number of ketones is 1. The van der Waals surface area contributed by atoms with Gasteiger partial charge in [-0.3, -0.25) is 19.3 Å². The van der Waals surface area contributed by atoms with Gasteiger partial charge in [-0.15, -0.1) is 0 Å². The smallest absolute Gasteiger partial charge is 0.287 e. The zero-order chi connectivity index (χ0) is 17.7. The fraction of sp³-hybridized carbons (Fsp3) is 0.824. The van der Waals surface area contributed by atoms with Crippen molar-refractivity contribution in [1.82, 2.24) is 10.2 Å². The molecule has 0 bridgehead atoms. The molecule has 0 aliphatic carbocycles. The molecule has 3 unspecified atom stereocenters. The molecule has 0 aromatic carbocycles. The van der Waals surface area contributed by atoms with Crippen molar-refractivity contribution >= 4 is 17.6 Å². The minimum Gasteiger partial charge on any atom is -0.363 e. The van der Waals surface area contributed by atoms with Crippen LogP contribution in [0.1, 0.15) is 47.0 Å². The Morgan fingerprint density at radius 1 is 1.26 bits per heavy atom. The number of likely N-dealkylation sites (N-methyl/N-ethyl adjacent to an activating group) is 1. The topological polar surface area (TPSA) is 92.5 Å². The number of nitrogens with one attached hydrogen (secondary N) is 1. The third-order valence-corrected chi connectivity index (χ3v) is 4.91. The van der Waals surface area contributed by atoms with Crippen molar-refractivity contribution in [3.05, 3.63) is 0 Å². The highest BCUT2D eigenvalue weighted by Crippen LogP contribution is 2.29. The number of nitrogens with two attached hydrogens (primary N) is 1. The molecule has 1 aliphatic heterocycles. The minimum absolute atomic E-state index is 0.178. The Hall–Kier alpha value is -1.43. The largest absolute Gasteiger partial charge is 0.363 e. The molecule has 0 aromatic heterocycles. The van der Waals surface area contributed by atoms with Gasteiger partial charge in [-0.2, -0.15) is 0 Å². The summed E-state index contributed by atoms with van der Waals surface area (Å²) in [6.07, 6.45) is 2.29. The maximum absolute atomic E-state index is 12.6. The number of carbonyl (C=O) groups excluding carboxylic acids is 3. The second-order valence-corrected chi connectivity index (χ2v) is 7.26. The van der Waals surface area contributed by atoms with E-state index in [0.717, 1.165) is 19.4 Å². The number of primary amides is 1. The van der Waals surface area contributed by atoms with Gasteiger partial charge in [-0.05, 0) is 37.6 Å². The first-order valence-corrected chi connectivity index (χ1v) is 8.51. The average Bonchev–Trinajstić information content (AvgIpc) is 2.86. The highest BCUT2D eigenvalue weighted by molar-refractivity contribution is 6.37. The monoisotopic (exact) mass is 325 g/mol. The summed E-state index contributed by atoms with van der Waals surface area (Å²) in [4.78, 5) is 37.7. The van der Waals surface area contributed by atoms with Crippen LogP contribution in [0.4, 0.5) is 0 Å². The van der Waals surface area contributed by atoms with Crippen LogP contribution in [0.5, 0.6) is 0 Å². The molecular formula is C17H31N3O3. The Morgan fingerprint density at radius 3 is 2.35 bits per heavy atom. The number of nitrogens with zero attached hydrogens (tertiary/aromatic N) is 1. The van der Waals surface area contributed by atoms with Crippen molar-refractivity contribution in [1.29, 1.82) is 0 Å². The van der Waals surface area contributed by atoms with Crippen molar-refractivity contribution in [3.63, 3.8) is 0 Å². The molecule has 1 aliphatic rings. The van der Waals surface area contributed by atoms with Crippen molar-refractivity contribution in [2.24, 2.45) is 23.5 Å². The molecule has 1 rings (SSSR count). The molecular weight excluding hydrogens is 294 g/mol. The van der Waals surface area contributed by atoms with Crippen LogP contribution in [0, 0.1) is 17.8 Å². The van der Waals surface area contributed by atoms with E-state index in [1.54, 1.807) is 0 Å². The molecule has 0 radical (unpaired) electrons. The summed E-state index contributed by atoms with van der Waals surface area (Å²) in [6, 6.07) is -1.07. The van der Waals surface area contributed by atoms with E-state index in [0.29, 0.717) is 18.3 Å². The Balaban J connectivity index is 2.75. The maximum Gasteiger partial charge on any atom is 0.287 e. The first-order valence-electron chi connectivity index (χ1n) is 8.51. The summed E-state index contributed by atoms with van der Waals surface area (Å²) in [5.41, 5.74) is 5.10. The van der Waals surface area contributed by atoms with Gasteiger partial charge in [-0.1, -0.05) is 34.1 Å². The maximum atomic E-state index is 12.6. The third kappa shape index (κ3) is 5.30. The molecule has 1 saturated heterocycles. The highest BCUT2D eigenvalue weighted by Gasteiger charge is 2.38. The number of rotatable bonds is 8. The van der Waals surface area contributed by atoms with Crippen LogP contribution in [0.15, 0.2) is 0 Å². The second kappa shape index (κ2) is 8.43. The third-order valence-electron chi connectivity index (χ3n) is 4.91. The quantitative estimate of drug-likeness (QED) is 0.650. The zero-order valence-corrected chi connectivity index (χ0v) is 15.0. The van der Waals surface area contributed by atoms with Crippen LogP contribution in [-0.4, -0.2) is 48.2 Å². The van der Waals surface area contributed by atoms with Crippen molar-refractivity contribution in [3.8, 4) is 0 Å². The van der Waals surface area contributed by atoms with Crippen LogP contribution < -0.4 is 11.1 Å². The summed E-state index contributed by atoms with van der Waals surface area (Å²) in [7, 11) is 1.93. The van der Waals surface area contributed by atoms with Crippen molar-refractivity contribution < 1.29 is 14.4 Å². The number of likely N-dealkylation sites (tertiary alicyclic amines) is 1. The molecule has 0 saturated carbocycles. The summed E-state index contributed by atoms with van der Waals surface area (Å²) in [5.74, 6) is -0.666. The molecule has 1 heterocycles. The van der Waals surface area contributed by atoms with Gasteiger partial charge < -0.3 is 11.1 Å². The summed E-state index contributed by atoms with van der Waals surface area (Å²) >= 11 is 0. The Labute approximate surface area is 139 Å². The molecule has 4 atom stereocenters. The summed E-state index contributed by atoms with van der Waals surface area (Å²) in [5, 5.41) is 2.75. The van der Waals surface area contributed by atoms with Crippen molar-refractivity contribution in [2.75, 3.05) is 13.6 Å². The number of hydrogen-bond donors (Lipinski definition) is 2. The van der Waals surface area contributed by atoms with E-state index in [4.69, 9.17) is 5.73 Å². The molecule has 23 heavy (non-hydrogen) atoms. The lowest BCUT2D eigenvalue weighted by Crippen LogP contribution is -2.51. The SMILES string of the molecule is CCC(C)[C@@H]1CC(C(=O)NC(CC(C)C)C(=O)C(N)=O)N(C)C1. The molecule has 1 fully saturated rings. The predicted molar refractivity (Wildman–Crippen MR) is 89.6 cm³/mol. The van der Waals surface area contributed by atoms with Crippen LogP contribution in [-0.2, 0) is 14.4 Å². The molecule has 6 heteroatoms. The molecule has 6 nitrogen and oxygen atoms in total.